The molecule has 114 valence electrons. The summed E-state index contributed by atoms with van der Waals surface area (Å²) in [6.45, 7) is 4.09. The Morgan fingerprint density at radius 2 is 2.29 bits per heavy atom. The third-order valence-electron chi connectivity index (χ3n) is 4.91. The molecule has 2 aliphatic carbocycles. The standard InChI is InChI=1S/C18H25NOS/c1-2-3-8-19(18(20)12-17-5-4-9-21-17)13-16-11-14-6-7-15(16)10-14/h4-7,9,14-16H,2-3,8,10-13H2,1H3. The van der Waals surface area contributed by atoms with Crippen LogP contribution in [-0.2, 0) is 11.2 Å². The highest BCUT2D eigenvalue weighted by Crippen LogP contribution is 2.43. The molecule has 3 unspecified atom stereocenters. The maximum atomic E-state index is 12.6. The predicted molar refractivity (Wildman–Crippen MR) is 88.4 cm³/mol. The Kier molecular flexibility index (Phi) is 4.79. The van der Waals surface area contributed by atoms with Crippen molar-refractivity contribution in [3.63, 3.8) is 0 Å². The lowest BCUT2D eigenvalue weighted by Crippen LogP contribution is -2.38. The molecule has 0 aromatic carbocycles. The van der Waals surface area contributed by atoms with Gasteiger partial charge in [0.25, 0.3) is 0 Å². The van der Waals surface area contributed by atoms with Crippen molar-refractivity contribution in [2.45, 2.75) is 39.0 Å². The molecule has 0 N–H and O–H groups in total. The summed E-state index contributed by atoms with van der Waals surface area (Å²) in [6.07, 6.45) is 10.2. The Labute approximate surface area is 131 Å². The Bertz CT molecular complexity index is 493. The first kappa shape index (κ1) is 14.8. The van der Waals surface area contributed by atoms with Crippen molar-refractivity contribution in [2.75, 3.05) is 13.1 Å². The largest absolute Gasteiger partial charge is 0.342 e. The van der Waals surface area contributed by atoms with Gasteiger partial charge in [0.05, 0.1) is 6.42 Å². The molecule has 0 aliphatic heterocycles. The van der Waals surface area contributed by atoms with E-state index >= 15 is 0 Å². The van der Waals surface area contributed by atoms with Crippen molar-refractivity contribution in [3.05, 3.63) is 34.5 Å². The summed E-state index contributed by atoms with van der Waals surface area (Å²) in [4.78, 5) is 16.0. The first-order valence-electron chi connectivity index (χ1n) is 8.24. The molecule has 2 aliphatic rings. The van der Waals surface area contributed by atoms with Crippen LogP contribution in [0.2, 0.25) is 0 Å². The normalized spacial score (nSPS) is 26.4. The lowest BCUT2D eigenvalue weighted by Gasteiger charge is -2.28. The molecular formula is C18H25NOS. The Morgan fingerprint density at radius 1 is 1.38 bits per heavy atom. The molecule has 1 amide bonds. The molecule has 1 saturated carbocycles. The number of allylic oxidation sites excluding steroid dienone is 2. The topological polar surface area (TPSA) is 20.3 Å². The molecule has 3 atom stereocenters. The number of fused-ring (bicyclic) bond motifs is 2. The van der Waals surface area contributed by atoms with Crippen LogP contribution in [0.5, 0.6) is 0 Å². The van der Waals surface area contributed by atoms with Gasteiger partial charge < -0.3 is 4.90 Å². The van der Waals surface area contributed by atoms with Crippen LogP contribution >= 0.6 is 11.3 Å². The summed E-state index contributed by atoms with van der Waals surface area (Å²) >= 11 is 1.69. The summed E-state index contributed by atoms with van der Waals surface area (Å²) in [7, 11) is 0. The minimum Gasteiger partial charge on any atom is -0.342 e. The highest BCUT2D eigenvalue weighted by atomic mass is 32.1. The average molecular weight is 303 g/mol. The number of carbonyl (C=O) groups is 1. The summed E-state index contributed by atoms with van der Waals surface area (Å²) < 4.78 is 0. The zero-order valence-corrected chi connectivity index (χ0v) is 13.6. The third-order valence-corrected chi connectivity index (χ3v) is 5.79. The molecule has 1 heterocycles. The van der Waals surface area contributed by atoms with Crippen molar-refractivity contribution >= 4 is 17.2 Å². The van der Waals surface area contributed by atoms with Crippen LogP contribution in [0.15, 0.2) is 29.7 Å². The van der Waals surface area contributed by atoms with E-state index in [0.717, 1.165) is 37.8 Å². The van der Waals surface area contributed by atoms with Crippen LogP contribution in [-0.4, -0.2) is 23.9 Å². The van der Waals surface area contributed by atoms with Gasteiger partial charge in [-0.1, -0.05) is 31.6 Å². The molecule has 1 aromatic heterocycles. The van der Waals surface area contributed by atoms with Crippen molar-refractivity contribution in [1.82, 2.24) is 4.90 Å². The van der Waals surface area contributed by atoms with Crippen LogP contribution in [0.25, 0.3) is 0 Å². The number of amides is 1. The Balaban J connectivity index is 1.60. The number of unbranched alkanes of at least 4 members (excludes halogenated alkanes) is 1. The monoisotopic (exact) mass is 303 g/mol. The van der Waals surface area contributed by atoms with Crippen LogP contribution in [0.3, 0.4) is 0 Å². The summed E-state index contributed by atoms with van der Waals surface area (Å²) in [6, 6.07) is 4.10. The van der Waals surface area contributed by atoms with Gasteiger partial charge in [-0.15, -0.1) is 11.3 Å². The number of hydrogen-bond donors (Lipinski definition) is 0. The van der Waals surface area contributed by atoms with E-state index in [1.54, 1.807) is 11.3 Å². The van der Waals surface area contributed by atoms with Gasteiger partial charge in [-0.25, -0.2) is 0 Å². The number of rotatable bonds is 7. The molecule has 21 heavy (non-hydrogen) atoms. The van der Waals surface area contributed by atoms with E-state index in [-0.39, 0.29) is 0 Å². The van der Waals surface area contributed by atoms with Gasteiger partial charge >= 0.3 is 0 Å². The van der Waals surface area contributed by atoms with E-state index in [1.807, 2.05) is 6.07 Å². The van der Waals surface area contributed by atoms with Crippen LogP contribution < -0.4 is 0 Å². The number of nitrogens with zero attached hydrogens (tertiary/aromatic N) is 1. The smallest absolute Gasteiger partial charge is 0.227 e. The van der Waals surface area contributed by atoms with Crippen molar-refractivity contribution < 1.29 is 4.79 Å². The van der Waals surface area contributed by atoms with E-state index in [0.29, 0.717) is 18.2 Å². The van der Waals surface area contributed by atoms with Crippen molar-refractivity contribution in [3.8, 4) is 0 Å². The second-order valence-corrected chi connectivity index (χ2v) is 7.52. The van der Waals surface area contributed by atoms with Crippen LogP contribution in [0, 0.1) is 17.8 Å². The fourth-order valence-corrected chi connectivity index (χ4v) is 4.42. The minimum absolute atomic E-state index is 0.317. The van der Waals surface area contributed by atoms with Gasteiger partial charge in [0.15, 0.2) is 0 Å². The van der Waals surface area contributed by atoms with E-state index in [2.05, 4.69) is 35.4 Å². The summed E-state index contributed by atoms with van der Waals surface area (Å²) in [5.41, 5.74) is 0. The van der Waals surface area contributed by atoms with Gasteiger partial charge in [0.2, 0.25) is 5.91 Å². The lowest BCUT2D eigenvalue weighted by molar-refractivity contribution is -0.131. The molecular weight excluding hydrogens is 278 g/mol. The van der Waals surface area contributed by atoms with E-state index in [4.69, 9.17) is 0 Å². The zero-order valence-electron chi connectivity index (χ0n) is 12.8. The molecule has 0 radical (unpaired) electrons. The average Bonchev–Trinajstić information content (AvgIpc) is 3.20. The summed E-state index contributed by atoms with van der Waals surface area (Å²) in [5, 5.41) is 2.06. The summed E-state index contributed by atoms with van der Waals surface area (Å²) in [5.74, 6) is 2.54. The zero-order chi connectivity index (χ0) is 14.7. The van der Waals surface area contributed by atoms with Gasteiger partial charge in [-0.2, -0.15) is 0 Å². The molecule has 3 heteroatoms. The SMILES string of the molecule is CCCCN(CC1CC2C=CC1C2)C(=O)Cc1cccs1. The fourth-order valence-electron chi connectivity index (χ4n) is 3.73. The van der Waals surface area contributed by atoms with Gasteiger partial charge in [-0.3, -0.25) is 4.79 Å². The highest BCUT2D eigenvalue weighted by Gasteiger charge is 2.36. The van der Waals surface area contributed by atoms with E-state index < -0.39 is 0 Å². The quantitative estimate of drug-likeness (QED) is 0.694. The maximum Gasteiger partial charge on any atom is 0.227 e. The lowest BCUT2D eigenvalue weighted by atomic mass is 9.93. The Morgan fingerprint density at radius 3 is 2.90 bits per heavy atom. The molecule has 2 nitrogen and oxygen atoms in total. The highest BCUT2D eigenvalue weighted by molar-refractivity contribution is 7.10. The van der Waals surface area contributed by atoms with Crippen molar-refractivity contribution in [2.24, 2.45) is 17.8 Å². The van der Waals surface area contributed by atoms with Gasteiger partial charge in [0.1, 0.15) is 0 Å². The molecule has 1 aromatic rings. The second-order valence-electron chi connectivity index (χ2n) is 6.49. The van der Waals surface area contributed by atoms with E-state index in [1.165, 1.54) is 17.7 Å². The molecule has 0 saturated heterocycles. The number of thiophene rings is 1. The molecule has 3 rings (SSSR count). The number of hydrogen-bond acceptors (Lipinski definition) is 2. The molecule has 2 bridgehead atoms. The molecule has 1 fully saturated rings. The number of carbonyl (C=O) groups excluding carboxylic acids is 1. The van der Waals surface area contributed by atoms with Crippen molar-refractivity contribution in [1.29, 1.82) is 0 Å². The van der Waals surface area contributed by atoms with Crippen LogP contribution in [0.4, 0.5) is 0 Å². The predicted octanol–water partition coefficient (Wildman–Crippen LogP) is 4.13. The Hall–Kier alpha value is -1.09. The fraction of sp³-hybridized carbons (Fsp3) is 0.611. The van der Waals surface area contributed by atoms with Crippen LogP contribution in [0.1, 0.15) is 37.5 Å². The van der Waals surface area contributed by atoms with Gasteiger partial charge in [0, 0.05) is 18.0 Å². The van der Waals surface area contributed by atoms with Gasteiger partial charge in [-0.05, 0) is 48.5 Å². The first-order valence-corrected chi connectivity index (χ1v) is 9.12. The minimum atomic E-state index is 0.317. The first-order chi connectivity index (χ1) is 10.3. The molecule has 0 spiro atoms. The maximum absolute atomic E-state index is 12.6. The second kappa shape index (κ2) is 6.78. The van der Waals surface area contributed by atoms with E-state index in [9.17, 15) is 4.79 Å². The third kappa shape index (κ3) is 3.57.